The van der Waals surface area contributed by atoms with Crippen molar-refractivity contribution in [3.05, 3.63) is 71.3 Å². The summed E-state index contributed by atoms with van der Waals surface area (Å²) < 4.78 is 10.1. The molecule has 2 aromatic rings. The monoisotopic (exact) mass is 359 g/mol. The van der Waals surface area contributed by atoms with Gasteiger partial charge in [0.1, 0.15) is 5.75 Å². The lowest BCUT2D eigenvalue weighted by Crippen LogP contribution is -2.10. The van der Waals surface area contributed by atoms with Crippen LogP contribution in [0.3, 0.4) is 0 Å². The fourth-order valence-corrected chi connectivity index (χ4v) is 2.58. The van der Waals surface area contributed by atoms with Crippen LogP contribution in [-0.4, -0.2) is 19.7 Å². The molecule has 1 N–H and O–H groups in total. The van der Waals surface area contributed by atoms with Crippen molar-refractivity contribution in [3.63, 3.8) is 0 Å². The highest BCUT2D eigenvalue weighted by Crippen LogP contribution is 2.26. The summed E-state index contributed by atoms with van der Waals surface area (Å²) in [4.78, 5) is 11.5. The van der Waals surface area contributed by atoms with Gasteiger partial charge in [0.15, 0.2) is 0 Å². The largest absolute Gasteiger partial charge is 0.497 e. The molecule has 25 heavy (non-hydrogen) atoms. The van der Waals surface area contributed by atoms with E-state index in [0.717, 1.165) is 17.0 Å². The number of rotatable bonds is 8. The zero-order chi connectivity index (χ0) is 18.1. The number of hydrogen-bond donors (Lipinski definition) is 1. The molecule has 1 atom stereocenters. The topological polar surface area (TPSA) is 47.6 Å². The van der Waals surface area contributed by atoms with Gasteiger partial charge in [0.25, 0.3) is 0 Å². The Morgan fingerprint density at radius 2 is 2.00 bits per heavy atom. The van der Waals surface area contributed by atoms with Gasteiger partial charge in [-0.1, -0.05) is 29.8 Å². The van der Waals surface area contributed by atoms with Crippen molar-refractivity contribution in [1.82, 2.24) is 0 Å². The zero-order valence-electron chi connectivity index (χ0n) is 14.4. The Kier molecular flexibility index (Phi) is 7.36. The molecule has 0 aliphatic carbocycles. The summed E-state index contributed by atoms with van der Waals surface area (Å²) in [6, 6.07) is 15.3. The third kappa shape index (κ3) is 6.16. The predicted molar refractivity (Wildman–Crippen MR) is 101 cm³/mol. The lowest BCUT2D eigenvalue weighted by Gasteiger charge is -2.19. The summed E-state index contributed by atoms with van der Waals surface area (Å²) in [6.45, 7) is 2.15. The second kappa shape index (κ2) is 9.74. The molecule has 0 aromatic heterocycles. The van der Waals surface area contributed by atoms with E-state index in [2.05, 4.69) is 5.32 Å². The van der Waals surface area contributed by atoms with Crippen LogP contribution in [0.1, 0.15) is 24.9 Å². The van der Waals surface area contributed by atoms with E-state index in [0.29, 0.717) is 18.1 Å². The third-order valence-corrected chi connectivity index (χ3v) is 3.83. The second-order valence-electron chi connectivity index (χ2n) is 5.37. The van der Waals surface area contributed by atoms with Gasteiger partial charge in [-0.2, -0.15) is 0 Å². The van der Waals surface area contributed by atoms with Gasteiger partial charge in [0.05, 0.1) is 19.8 Å². The average molecular weight is 360 g/mol. The fourth-order valence-electron chi connectivity index (χ4n) is 2.38. The van der Waals surface area contributed by atoms with E-state index in [1.807, 2.05) is 48.5 Å². The highest BCUT2D eigenvalue weighted by atomic mass is 35.5. The van der Waals surface area contributed by atoms with Crippen LogP contribution in [0, 0.1) is 0 Å². The molecule has 0 fully saturated rings. The van der Waals surface area contributed by atoms with Gasteiger partial charge in [-0.3, -0.25) is 0 Å². The van der Waals surface area contributed by atoms with Crippen molar-refractivity contribution in [2.24, 2.45) is 0 Å². The average Bonchev–Trinajstić information content (AvgIpc) is 2.61. The van der Waals surface area contributed by atoms with Gasteiger partial charge < -0.3 is 14.8 Å². The first-order valence-electron chi connectivity index (χ1n) is 8.11. The molecule has 0 spiro atoms. The molecule has 0 radical (unpaired) electrons. The van der Waals surface area contributed by atoms with Crippen molar-refractivity contribution in [3.8, 4) is 5.75 Å². The number of esters is 1. The number of benzene rings is 2. The highest BCUT2D eigenvalue weighted by Gasteiger charge is 2.11. The molecule has 4 nitrogen and oxygen atoms in total. The summed E-state index contributed by atoms with van der Waals surface area (Å²) in [5.41, 5.74) is 1.99. The van der Waals surface area contributed by atoms with E-state index in [-0.39, 0.29) is 12.0 Å². The van der Waals surface area contributed by atoms with Crippen molar-refractivity contribution in [2.75, 3.05) is 19.0 Å². The molecular formula is C20H22ClNO3. The second-order valence-corrected chi connectivity index (χ2v) is 5.81. The molecule has 0 saturated heterocycles. The fraction of sp³-hybridized carbons (Fsp3) is 0.250. The van der Waals surface area contributed by atoms with Crippen LogP contribution in [0.25, 0.3) is 0 Å². The van der Waals surface area contributed by atoms with Crippen LogP contribution in [0.4, 0.5) is 5.69 Å². The minimum atomic E-state index is -0.336. The van der Waals surface area contributed by atoms with Crippen LogP contribution >= 0.6 is 11.6 Å². The number of methoxy groups -OCH3 is 1. The summed E-state index contributed by atoms with van der Waals surface area (Å²) >= 11 is 6.12. The van der Waals surface area contributed by atoms with Gasteiger partial charge in [-0.05, 0) is 55.3 Å². The lowest BCUT2D eigenvalue weighted by atomic mass is 10.0. The Morgan fingerprint density at radius 3 is 2.64 bits per heavy atom. The van der Waals surface area contributed by atoms with Gasteiger partial charge in [0.2, 0.25) is 0 Å². The predicted octanol–water partition coefficient (Wildman–Crippen LogP) is 5.01. The molecule has 0 aliphatic rings. The van der Waals surface area contributed by atoms with Gasteiger partial charge in [0, 0.05) is 16.8 Å². The highest BCUT2D eigenvalue weighted by molar-refractivity contribution is 6.30. The molecule has 0 saturated carbocycles. The Hall–Kier alpha value is -2.46. The maximum absolute atomic E-state index is 11.5. The third-order valence-electron chi connectivity index (χ3n) is 3.59. The SMILES string of the molecule is CCOC(=O)/C=C/C[C@H](Nc1ccc(OC)cc1)c1cccc(Cl)c1. The summed E-state index contributed by atoms with van der Waals surface area (Å²) in [5, 5.41) is 4.14. The van der Waals surface area contributed by atoms with E-state index in [4.69, 9.17) is 21.1 Å². The number of carbonyl (C=O) groups is 1. The zero-order valence-corrected chi connectivity index (χ0v) is 15.1. The Bertz CT molecular complexity index is 713. The summed E-state index contributed by atoms with van der Waals surface area (Å²) in [5.74, 6) is 0.462. The van der Waals surface area contributed by atoms with Crippen molar-refractivity contribution in [1.29, 1.82) is 0 Å². The van der Waals surface area contributed by atoms with Crippen molar-refractivity contribution in [2.45, 2.75) is 19.4 Å². The molecule has 0 heterocycles. The molecule has 2 aromatic carbocycles. The van der Waals surface area contributed by atoms with Gasteiger partial charge in [-0.25, -0.2) is 4.79 Å². The number of halogens is 1. The molecular weight excluding hydrogens is 338 g/mol. The first kappa shape index (κ1) is 18.9. The Balaban J connectivity index is 2.14. The molecule has 0 bridgehead atoms. The number of hydrogen-bond acceptors (Lipinski definition) is 4. The summed E-state index contributed by atoms with van der Waals surface area (Å²) in [6.07, 6.45) is 3.88. The van der Waals surface area contributed by atoms with Crippen molar-refractivity contribution < 1.29 is 14.3 Å². The molecule has 0 aliphatic heterocycles. The van der Waals surface area contributed by atoms with E-state index in [9.17, 15) is 4.79 Å². The van der Waals surface area contributed by atoms with E-state index >= 15 is 0 Å². The van der Waals surface area contributed by atoms with Crippen LogP contribution in [0.5, 0.6) is 5.75 Å². The number of nitrogens with one attached hydrogen (secondary N) is 1. The molecule has 0 unspecified atom stereocenters. The smallest absolute Gasteiger partial charge is 0.330 e. The molecule has 132 valence electrons. The number of ether oxygens (including phenoxy) is 2. The van der Waals surface area contributed by atoms with Gasteiger partial charge >= 0.3 is 5.97 Å². The molecule has 2 rings (SSSR count). The maximum Gasteiger partial charge on any atom is 0.330 e. The van der Waals surface area contributed by atoms with Crippen LogP contribution in [-0.2, 0) is 9.53 Å². The molecule has 5 heteroatoms. The van der Waals surface area contributed by atoms with Crippen LogP contribution in [0.15, 0.2) is 60.7 Å². The maximum atomic E-state index is 11.5. The number of anilines is 1. The quantitative estimate of drug-likeness (QED) is 0.531. The Labute approximate surface area is 153 Å². The molecule has 0 amide bonds. The first-order chi connectivity index (χ1) is 12.1. The van der Waals surface area contributed by atoms with E-state index in [1.165, 1.54) is 6.08 Å². The van der Waals surface area contributed by atoms with Crippen LogP contribution < -0.4 is 10.1 Å². The summed E-state index contributed by atoms with van der Waals surface area (Å²) in [7, 11) is 1.64. The first-order valence-corrected chi connectivity index (χ1v) is 8.49. The van der Waals surface area contributed by atoms with Crippen molar-refractivity contribution >= 4 is 23.3 Å². The van der Waals surface area contributed by atoms with E-state index in [1.54, 1.807) is 20.1 Å². The normalized spacial score (nSPS) is 12.0. The number of carbonyl (C=O) groups excluding carboxylic acids is 1. The minimum absolute atomic E-state index is 0.0298. The standard InChI is InChI=1S/C20H22ClNO3/c1-3-25-20(23)9-5-8-19(15-6-4-7-16(21)14-15)22-17-10-12-18(24-2)13-11-17/h4-7,9-14,19,22H,3,8H2,1-2H3/b9-5+/t19-/m0/s1. The Morgan fingerprint density at radius 1 is 1.24 bits per heavy atom. The van der Waals surface area contributed by atoms with E-state index < -0.39 is 0 Å². The van der Waals surface area contributed by atoms with Crippen LogP contribution in [0.2, 0.25) is 5.02 Å². The lowest BCUT2D eigenvalue weighted by molar-refractivity contribution is -0.137. The minimum Gasteiger partial charge on any atom is -0.497 e. The van der Waals surface area contributed by atoms with Gasteiger partial charge in [-0.15, -0.1) is 0 Å².